The minimum atomic E-state index is -3.76. The Bertz CT molecular complexity index is 1490. The first kappa shape index (κ1) is 22.5. The number of halogens is 2. The Hall–Kier alpha value is -2.65. The van der Waals surface area contributed by atoms with Crippen molar-refractivity contribution in [3.63, 3.8) is 0 Å². The Morgan fingerprint density at radius 2 is 1.66 bits per heavy atom. The summed E-state index contributed by atoms with van der Waals surface area (Å²) in [6.45, 7) is 0. The van der Waals surface area contributed by atoms with Crippen LogP contribution in [0.5, 0.6) is 0 Å². The number of amides is 1. The van der Waals surface area contributed by atoms with Crippen molar-refractivity contribution in [2.24, 2.45) is 12.0 Å². The molecule has 0 aliphatic carbocycles. The molecule has 164 valence electrons. The quantitative estimate of drug-likeness (QED) is 0.386. The van der Waals surface area contributed by atoms with Crippen LogP contribution in [-0.2, 0) is 17.1 Å². The minimum Gasteiger partial charge on any atom is -0.318 e. The molecule has 0 saturated carbocycles. The van der Waals surface area contributed by atoms with E-state index in [4.69, 9.17) is 23.2 Å². The van der Waals surface area contributed by atoms with Crippen molar-refractivity contribution < 1.29 is 13.2 Å². The van der Waals surface area contributed by atoms with Gasteiger partial charge in [0.25, 0.3) is 15.9 Å². The molecule has 4 rings (SSSR count). The number of carbonyl (C=O) groups is 1. The second kappa shape index (κ2) is 8.71. The number of carbonyl (C=O) groups excluding carboxylic acids is 1. The molecule has 0 saturated heterocycles. The average molecular weight is 506 g/mol. The van der Waals surface area contributed by atoms with E-state index in [0.29, 0.717) is 26.1 Å². The fourth-order valence-corrected chi connectivity index (χ4v) is 5.85. The summed E-state index contributed by atoms with van der Waals surface area (Å²) in [7, 11) is -0.528. The number of benzene rings is 3. The molecular formula is C22H17Cl2N3O3S2. The van der Waals surface area contributed by atoms with E-state index in [-0.39, 0.29) is 10.5 Å². The van der Waals surface area contributed by atoms with Crippen molar-refractivity contribution >= 4 is 66.4 Å². The molecule has 0 N–H and O–H groups in total. The number of fused-ring (bicyclic) bond motifs is 1. The molecule has 0 radical (unpaired) electrons. The SMILES string of the molecule is CN(c1ccccc1)S(=O)(=O)c1ccc(C(=O)N=c2sc3ccc(Cl)c(Cl)c3n2C)cc1. The molecule has 4 aromatic rings. The van der Waals surface area contributed by atoms with Crippen LogP contribution in [0.3, 0.4) is 0 Å². The molecule has 1 aromatic heterocycles. The fourth-order valence-electron chi connectivity index (χ4n) is 3.13. The van der Waals surface area contributed by atoms with Crippen LogP contribution >= 0.6 is 34.5 Å². The number of hydrogen-bond donors (Lipinski definition) is 0. The van der Waals surface area contributed by atoms with E-state index in [2.05, 4.69) is 4.99 Å². The number of thiazole rings is 1. The van der Waals surface area contributed by atoms with Gasteiger partial charge in [0.1, 0.15) is 0 Å². The topological polar surface area (TPSA) is 71.7 Å². The van der Waals surface area contributed by atoms with Gasteiger partial charge in [-0.3, -0.25) is 9.10 Å². The third-order valence-corrected chi connectivity index (χ3v) is 8.62. The van der Waals surface area contributed by atoms with Gasteiger partial charge in [-0.1, -0.05) is 52.7 Å². The molecule has 1 heterocycles. The zero-order valence-corrected chi connectivity index (χ0v) is 20.1. The maximum Gasteiger partial charge on any atom is 0.279 e. The van der Waals surface area contributed by atoms with E-state index in [0.717, 1.165) is 4.70 Å². The van der Waals surface area contributed by atoms with Crippen molar-refractivity contribution in [2.75, 3.05) is 11.4 Å². The molecule has 0 aliphatic heterocycles. The van der Waals surface area contributed by atoms with Crippen molar-refractivity contribution in [1.29, 1.82) is 0 Å². The zero-order chi connectivity index (χ0) is 23.0. The highest BCUT2D eigenvalue weighted by Crippen LogP contribution is 2.31. The van der Waals surface area contributed by atoms with E-state index >= 15 is 0 Å². The first-order valence-corrected chi connectivity index (χ1v) is 12.4. The van der Waals surface area contributed by atoms with Crippen LogP contribution in [0.15, 0.2) is 76.6 Å². The molecule has 0 spiro atoms. The summed E-state index contributed by atoms with van der Waals surface area (Å²) >= 11 is 13.7. The molecule has 0 unspecified atom stereocenters. The Balaban J connectivity index is 1.65. The number of aryl methyl sites for hydroxylation is 1. The summed E-state index contributed by atoms with van der Waals surface area (Å²) in [5.41, 5.74) is 1.51. The van der Waals surface area contributed by atoms with Crippen molar-refractivity contribution in [3.05, 3.63) is 87.1 Å². The molecule has 32 heavy (non-hydrogen) atoms. The number of hydrogen-bond acceptors (Lipinski definition) is 4. The highest BCUT2D eigenvalue weighted by atomic mass is 35.5. The Morgan fingerprint density at radius 3 is 2.31 bits per heavy atom. The van der Waals surface area contributed by atoms with Crippen LogP contribution in [0.25, 0.3) is 10.2 Å². The van der Waals surface area contributed by atoms with Crippen molar-refractivity contribution in [2.45, 2.75) is 4.90 Å². The number of nitrogens with zero attached hydrogens (tertiary/aromatic N) is 3. The summed E-state index contributed by atoms with van der Waals surface area (Å²) in [4.78, 5) is 17.4. The monoisotopic (exact) mass is 505 g/mol. The second-order valence-electron chi connectivity index (χ2n) is 6.90. The van der Waals surface area contributed by atoms with Gasteiger partial charge in [-0.15, -0.1) is 0 Å². The molecular weight excluding hydrogens is 489 g/mol. The molecule has 1 amide bonds. The van der Waals surface area contributed by atoms with Gasteiger partial charge in [-0.05, 0) is 48.5 Å². The lowest BCUT2D eigenvalue weighted by atomic mass is 10.2. The smallest absolute Gasteiger partial charge is 0.279 e. The Kier molecular flexibility index (Phi) is 6.13. The van der Waals surface area contributed by atoms with E-state index < -0.39 is 15.9 Å². The number of anilines is 1. The second-order valence-corrected chi connectivity index (χ2v) is 10.7. The first-order valence-electron chi connectivity index (χ1n) is 9.37. The lowest BCUT2D eigenvalue weighted by molar-refractivity contribution is 0.0998. The van der Waals surface area contributed by atoms with Crippen molar-refractivity contribution in [3.8, 4) is 0 Å². The van der Waals surface area contributed by atoms with Crippen LogP contribution in [0, 0.1) is 0 Å². The largest absolute Gasteiger partial charge is 0.318 e. The van der Waals surface area contributed by atoms with Crippen LogP contribution in [0.2, 0.25) is 10.0 Å². The maximum absolute atomic E-state index is 12.9. The van der Waals surface area contributed by atoms with Gasteiger partial charge in [0.2, 0.25) is 0 Å². The molecule has 0 fully saturated rings. The molecule has 10 heteroatoms. The first-order chi connectivity index (χ1) is 15.2. The van der Waals surface area contributed by atoms with Gasteiger partial charge >= 0.3 is 0 Å². The molecule has 0 aliphatic rings. The van der Waals surface area contributed by atoms with Gasteiger partial charge in [-0.25, -0.2) is 8.42 Å². The highest BCUT2D eigenvalue weighted by Gasteiger charge is 2.21. The number of para-hydroxylation sites is 1. The lowest BCUT2D eigenvalue weighted by Crippen LogP contribution is -2.26. The van der Waals surface area contributed by atoms with Crippen molar-refractivity contribution in [1.82, 2.24) is 4.57 Å². The van der Waals surface area contributed by atoms with Gasteiger partial charge in [-0.2, -0.15) is 4.99 Å². The predicted octanol–water partition coefficient (Wildman–Crippen LogP) is 5.11. The lowest BCUT2D eigenvalue weighted by Gasteiger charge is -2.19. The summed E-state index contributed by atoms with van der Waals surface area (Å²) in [5.74, 6) is -0.491. The normalized spacial score (nSPS) is 12.3. The maximum atomic E-state index is 12.9. The summed E-state index contributed by atoms with van der Waals surface area (Å²) in [6.07, 6.45) is 0. The molecule has 0 bridgehead atoms. The molecule has 0 atom stereocenters. The Labute approximate surface area is 199 Å². The summed E-state index contributed by atoms with van der Waals surface area (Å²) in [5, 5.41) is 0.816. The van der Waals surface area contributed by atoms with Crippen LogP contribution in [-0.4, -0.2) is 25.9 Å². The van der Waals surface area contributed by atoms with Crippen LogP contribution in [0.1, 0.15) is 10.4 Å². The molecule has 3 aromatic carbocycles. The number of rotatable bonds is 4. The fraction of sp³-hybridized carbons (Fsp3) is 0.0909. The summed E-state index contributed by atoms with van der Waals surface area (Å²) < 4.78 is 29.6. The number of aromatic nitrogens is 1. The van der Waals surface area contributed by atoms with Crippen LogP contribution < -0.4 is 9.11 Å². The third-order valence-electron chi connectivity index (χ3n) is 4.93. The standard InChI is InChI=1S/C22H17Cl2N3O3S2/c1-26-20-18(13-12-17(23)19(20)24)31-22(26)25-21(28)14-8-10-16(11-9-14)32(29,30)27(2)15-6-4-3-5-7-15/h3-13H,1-2H3. The number of sulfonamides is 1. The highest BCUT2D eigenvalue weighted by molar-refractivity contribution is 7.92. The van der Waals surface area contributed by atoms with E-state index in [1.54, 1.807) is 41.9 Å². The van der Waals surface area contributed by atoms with E-state index in [1.165, 1.54) is 47.0 Å². The van der Waals surface area contributed by atoms with E-state index in [1.807, 2.05) is 12.1 Å². The van der Waals surface area contributed by atoms with Gasteiger partial charge in [0.15, 0.2) is 4.80 Å². The predicted molar refractivity (Wildman–Crippen MR) is 129 cm³/mol. The van der Waals surface area contributed by atoms with E-state index in [9.17, 15) is 13.2 Å². The van der Waals surface area contributed by atoms with Crippen LogP contribution in [0.4, 0.5) is 5.69 Å². The van der Waals surface area contributed by atoms with Gasteiger partial charge < -0.3 is 4.57 Å². The minimum absolute atomic E-state index is 0.0780. The third kappa shape index (κ3) is 4.06. The summed E-state index contributed by atoms with van der Waals surface area (Å²) in [6, 6.07) is 18.0. The van der Waals surface area contributed by atoms with Gasteiger partial charge in [0.05, 0.1) is 30.8 Å². The average Bonchev–Trinajstić information content (AvgIpc) is 3.12. The Morgan fingerprint density at radius 1 is 1.00 bits per heavy atom. The molecule has 6 nitrogen and oxygen atoms in total. The van der Waals surface area contributed by atoms with Gasteiger partial charge in [0, 0.05) is 19.7 Å². The zero-order valence-electron chi connectivity index (χ0n) is 17.0.